The van der Waals surface area contributed by atoms with E-state index in [0.29, 0.717) is 11.3 Å². The minimum absolute atomic E-state index is 0.0751. The van der Waals surface area contributed by atoms with Crippen LogP contribution in [0.25, 0.3) is 0 Å². The van der Waals surface area contributed by atoms with E-state index < -0.39 is 0 Å². The first kappa shape index (κ1) is 11.4. The van der Waals surface area contributed by atoms with Gasteiger partial charge in [0.15, 0.2) is 0 Å². The molecule has 1 N–H and O–H groups in total. The van der Waals surface area contributed by atoms with Crippen LogP contribution < -0.4 is 4.74 Å². The van der Waals surface area contributed by atoms with Crippen LogP contribution in [0.15, 0.2) is 48.5 Å². The van der Waals surface area contributed by atoms with Gasteiger partial charge in [0.05, 0.1) is 0 Å². The molecule has 17 heavy (non-hydrogen) atoms. The van der Waals surface area contributed by atoms with Gasteiger partial charge in [-0.15, -0.1) is 0 Å². The van der Waals surface area contributed by atoms with Gasteiger partial charge in [0.1, 0.15) is 5.56 Å². The first-order valence-electron chi connectivity index (χ1n) is 5.52. The number of ether oxygens (including phenoxy) is 1. The van der Waals surface area contributed by atoms with E-state index in [4.69, 9.17) is 4.74 Å². The fraction of sp³-hybridized carbons (Fsp3) is 0.133. The predicted octanol–water partition coefficient (Wildman–Crippen LogP) is 3.23. The maximum atomic E-state index is 9.83. The molecule has 0 amide bonds. The van der Waals surface area contributed by atoms with Gasteiger partial charge in [0, 0.05) is 12.1 Å². The van der Waals surface area contributed by atoms with Crippen LogP contribution in [0.5, 0.6) is 5.75 Å². The molecule has 0 radical (unpaired) electrons. The number of aryl methyl sites for hydroxylation is 2. The summed E-state index contributed by atoms with van der Waals surface area (Å²) in [6.45, 7) is 4.01. The van der Waals surface area contributed by atoms with E-state index in [1.54, 1.807) is 0 Å². The zero-order valence-electron chi connectivity index (χ0n) is 9.97. The first-order chi connectivity index (χ1) is 8.15. The highest BCUT2D eigenvalue weighted by molar-refractivity contribution is 5.91. The Morgan fingerprint density at radius 3 is 1.82 bits per heavy atom. The quantitative estimate of drug-likeness (QED) is 0.440. The molecule has 0 saturated carbocycles. The van der Waals surface area contributed by atoms with Crippen molar-refractivity contribution in [2.75, 3.05) is 0 Å². The fourth-order valence-electron chi connectivity index (χ4n) is 1.47. The number of hydrogen-bond donors (Lipinski definition) is 0. The molecule has 0 saturated heterocycles. The van der Waals surface area contributed by atoms with E-state index in [-0.39, 0.29) is 5.97 Å². The van der Waals surface area contributed by atoms with Gasteiger partial charge in [-0.2, -0.15) is 0 Å². The van der Waals surface area contributed by atoms with Crippen LogP contribution in [0.3, 0.4) is 0 Å². The smallest absolute Gasteiger partial charge is 0.335 e. The first-order valence-corrected chi connectivity index (χ1v) is 5.52. The minimum Gasteiger partial charge on any atom is -0.335 e. The van der Waals surface area contributed by atoms with Crippen molar-refractivity contribution in [1.29, 1.82) is 0 Å². The third-order valence-corrected chi connectivity index (χ3v) is 2.53. The molecule has 2 aromatic rings. The van der Waals surface area contributed by atoms with Crippen LogP contribution in [-0.4, -0.2) is 10.8 Å². The van der Waals surface area contributed by atoms with Crippen molar-refractivity contribution in [2.45, 2.75) is 13.8 Å². The van der Waals surface area contributed by atoms with Crippen molar-refractivity contribution < 1.29 is 9.53 Å². The monoisotopic (exact) mass is 227 g/mol. The van der Waals surface area contributed by atoms with Crippen molar-refractivity contribution in [3.05, 3.63) is 65.2 Å². The summed E-state index contributed by atoms with van der Waals surface area (Å²) >= 11 is 0. The average molecular weight is 227 g/mol. The van der Waals surface area contributed by atoms with Crippen molar-refractivity contribution in [3.8, 4) is 5.75 Å². The summed E-state index contributed by atoms with van der Waals surface area (Å²) in [5.74, 6) is 0.558. The third-order valence-electron chi connectivity index (χ3n) is 2.53. The van der Waals surface area contributed by atoms with Crippen LogP contribution in [0.1, 0.15) is 16.7 Å². The van der Waals surface area contributed by atoms with E-state index in [9.17, 15) is 4.79 Å². The topological polar surface area (TPSA) is 30.6 Å². The van der Waals surface area contributed by atoms with Crippen LogP contribution >= 0.6 is 0 Å². The molecule has 0 heterocycles. The van der Waals surface area contributed by atoms with Crippen LogP contribution in [0.4, 0.5) is 0 Å². The van der Waals surface area contributed by atoms with Crippen LogP contribution in [0.2, 0.25) is 0 Å². The van der Waals surface area contributed by atoms with Crippen molar-refractivity contribution in [2.24, 2.45) is 0 Å². The Balaban J connectivity index is 2.11. The second-order valence-corrected chi connectivity index (χ2v) is 4.09. The standard InChI is InChI=1S/C15H14O2/c1-11-3-7-13(8-4-11)15(16)17-14-9-5-12(2)6-10-14/h3-10H,1-2H3/p+1. The van der Waals surface area contributed by atoms with E-state index in [0.717, 1.165) is 11.1 Å². The van der Waals surface area contributed by atoms with Gasteiger partial charge < -0.3 is 4.79 Å². The molecule has 2 heteroatoms. The van der Waals surface area contributed by atoms with Crippen LogP contribution in [0, 0.1) is 13.8 Å². The SMILES string of the molecule is Cc1ccc(OC(=[OH+])c2ccc(C)cc2)cc1. The molecular formula is C15H15O2+. The second kappa shape index (κ2) is 4.83. The molecule has 0 spiro atoms. The highest BCUT2D eigenvalue weighted by Gasteiger charge is 2.17. The largest absolute Gasteiger partial charge is 0.523 e. The van der Waals surface area contributed by atoms with Gasteiger partial charge in [0.2, 0.25) is 5.75 Å². The van der Waals surface area contributed by atoms with Crippen molar-refractivity contribution in [3.63, 3.8) is 0 Å². The summed E-state index contributed by atoms with van der Waals surface area (Å²) in [5, 5.41) is 0. The van der Waals surface area contributed by atoms with Crippen LogP contribution in [-0.2, 0) is 0 Å². The van der Waals surface area contributed by atoms with Gasteiger partial charge in [-0.05, 0) is 26.0 Å². The Morgan fingerprint density at radius 2 is 1.29 bits per heavy atom. The fourth-order valence-corrected chi connectivity index (χ4v) is 1.47. The number of carbonyl (C=O) groups excluding carboxylic acids is 1. The summed E-state index contributed by atoms with van der Waals surface area (Å²) < 4.78 is 5.37. The molecule has 0 unspecified atom stereocenters. The van der Waals surface area contributed by atoms with E-state index in [2.05, 4.69) is 0 Å². The lowest BCUT2D eigenvalue weighted by molar-refractivity contribution is 0.469. The summed E-state index contributed by atoms with van der Waals surface area (Å²) in [7, 11) is 0. The Labute approximate surface area is 101 Å². The van der Waals surface area contributed by atoms with Gasteiger partial charge >= 0.3 is 5.97 Å². The highest BCUT2D eigenvalue weighted by atomic mass is 16.5. The molecule has 0 aliphatic heterocycles. The molecular weight excluding hydrogens is 212 g/mol. The summed E-state index contributed by atoms with van der Waals surface area (Å²) in [6.07, 6.45) is 0. The highest BCUT2D eigenvalue weighted by Crippen LogP contribution is 2.13. The maximum Gasteiger partial charge on any atom is 0.523 e. The Kier molecular flexibility index (Phi) is 3.24. The van der Waals surface area contributed by atoms with Gasteiger partial charge in [-0.3, -0.25) is 4.74 Å². The van der Waals surface area contributed by atoms with Gasteiger partial charge in [0.25, 0.3) is 0 Å². The second-order valence-electron chi connectivity index (χ2n) is 4.09. The average Bonchev–Trinajstić information content (AvgIpc) is 2.33. The number of hydrogen-bond acceptors (Lipinski definition) is 1. The number of rotatable bonds is 2. The summed E-state index contributed by atoms with van der Waals surface area (Å²) in [5.41, 5.74) is 2.99. The molecule has 2 nitrogen and oxygen atoms in total. The van der Waals surface area contributed by atoms with E-state index >= 15 is 0 Å². The summed E-state index contributed by atoms with van der Waals surface area (Å²) in [4.78, 5) is 9.83. The summed E-state index contributed by atoms with van der Waals surface area (Å²) in [6, 6.07) is 15.1. The molecule has 0 atom stereocenters. The number of esters is 1. The lowest BCUT2D eigenvalue weighted by Crippen LogP contribution is -2.09. The zero-order valence-corrected chi connectivity index (χ0v) is 9.97. The molecule has 2 aromatic carbocycles. The Hall–Kier alpha value is -2.09. The normalized spacial score (nSPS) is 10.0. The lowest BCUT2D eigenvalue weighted by Gasteiger charge is -1.97. The lowest BCUT2D eigenvalue weighted by atomic mass is 10.1. The predicted molar refractivity (Wildman–Crippen MR) is 69.0 cm³/mol. The maximum absolute atomic E-state index is 9.83. The van der Waals surface area contributed by atoms with Crippen molar-refractivity contribution in [1.82, 2.24) is 0 Å². The van der Waals surface area contributed by atoms with E-state index in [1.807, 2.05) is 62.4 Å². The molecule has 0 fully saturated rings. The van der Waals surface area contributed by atoms with E-state index in [1.165, 1.54) is 0 Å². The third kappa shape index (κ3) is 2.94. The van der Waals surface area contributed by atoms with Gasteiger partial charge in [-0.25, -0.2) is 0 Å². The molecule has 0 bridgehead atoms. The molecule has 0 aromatic heterocycles. The minimum atomic E-state index is -0.0751. The molecule has 86 valence electrons. The Morgan fingerprint density at radius 1 is 0.824 bits per heavy atom. The molecule has 2 rings (SSSR count). The molecule has 0 aliphatic rings. The Bertz CT molecular complexity index is 510. The van der Waals surface area contributed by atoms with Gasteiger partial charge in [-0.1, -0.05) is 35.4 Å². The van der Waals surface area contributed by atoms with Crippen molar-refractivity contribution >= 4 is 5.97 Å². The zero-order chi connectivity index (χ0) is 12.3. The molecule has 0 aliphatic carbocycles. The number of benzene rings is 2.